The molecule has 0 atom stereocenters. The van der Waals surface area contributed by atoms with Crippen molar-refractivity contribution in [3.05, 3.63) is 59.7 Å². The molecule has 30 heavy (non-hydrogen) atoms. The number of hydrogen-bond donors (Lipinski definition) is 1. The number of nitrogens with one attached hydrogen (secondary N) is 1. The van der Waals surface area contributed by atoms with Crippen molar-refractivity contribution in [2.45, 2.75) is 76.3 Å². The molecular weight excluding hydrogens is 391 g/mol. The van der Waals surface area contributed by atoms with Gasteiger partial charge in [-0.1, -0.05) is 12.1 Å². The highest BCUT2D eigenvalue weighted by Crippen LogP contribution is 2.49. The first kappa shape index (κ1) is 22.7. The van der Waals surface area contributed by atoms with Crippen molar-refractivity contribution in [3.8, 4) is 0 Å². The van der Waals surface area contributed by atoms with Crippen molar-refractivity contribution in [2.24, 2.45) is 0 Å². The second-order valence-corrected chi connectivity index (χ2v) is 9.45. The van der Waals surface area contributed by atoms with E-state index in [-0.39, 0.29) is 16.6 Å². The maximum atomic E-state index is 12.7. The molecule has 0 radical (unpaired) electrons. The summed E-state index contributed by atoms with van der Waals surface area (Å²) in [4.78, 5) is 8.20. The standard InChI is InChI=1S/C23H30F3N3O/c1-20(2)15-22(16-21(3,4)30-20,18-7-5-6-11-28-18)10-12-27-13-17-8-9-19(29-14-17)23(24,25)26/h5-9,11,14,27H,10,12-13,15-16H2,1-4H3. The van der Waals surface area contributed by atoms with Gasteiger partial charge in [-0.25, -0.2) is 0 Å². The van der Waals surface area contributed by atoms with Gasteiger partial charge in [-0.15, -0.1) is 0 Å². The lowest BCUT2D eigenvalue weighted by atomic mass is 9.65. The molecule has 1 aliphatic heterocycles. The fourth-order valence-electron chi connectivity index (χ4n) is 4.93. The molecule has 1 fully saturated rings. The van der Waals surface area contributed by atoms with Crippen molar-refractivity contribution in [1.82, 2.24) is 15.3 Å². The minimum Gasteiger partial charge on any atom is -0.370 e. The van der Waals surface area contributed by atoms with Crippen LogP contribution in [0.4, 0.5) is 13.2 Å². The van der Waals surface area contributed by atoms with Gasteiger partial charge in [0.05, 0.1) is 11.2 Å². The molecule has 0 aliphatic carbocycles. The number of rotatable bonds is 6. The Kier molecular flexibility index (Phi) is 6.25. The lowest BCUT2D eigenvalue weighted by molar-refractivity contribution is -0.181. The Labute approximate surface area is 176 Å². The van der Waals surface area contributed by atoms with Gasteiger partial charge >= 0.3 is 6.18 Å². The molecule has 0 bridgehead atoms. The fourth-order valence-corrected chi connectivity index (χ4v) is 4.93. The second-order valence-electron chi connectivity index (χ2n) is 9.45. The van der Waals surface area contributed by atoms with Crippen molar-refractivity contribution >= 4 is 0 Å². The van der Waals surface area contributed by atoms with Gasteiger partial charge < -0.3 is 10.1 Å². The number of ether oxygens (including phenoxy) is 1. The summed E-state index contributed by atoms with van der Waals surface area (Å²) in [6, 6.07) is 8.51. The Morgan fingerprint density at radius 1 is 1.00 bits per heavy atom. The van der Waals surface area contributed by atoms with Gasteiger partial charge in [0.1, 0.15) is 5.69 Å². The van der Waals surface area contributed by atoms with Gasteiger partial charge in [-0.2, -0.15) is 13.2 Å². The van der Waals surface area contributed by atoms with Gasteiger partial charge in [0, 0.05) is 30.0 Å². The number of halogens is 3. The second kappa shape index (κ2) is 8.27. The van der Waals surface area contributed by atoms with Crippen LogP contribution in [0.1, 0.15) is 63.9 Å². The fraction of sp³-hybridized carbons (Fsp3) is 0.565. The van der Waals surface area contributed by atoms with E-state index in [0.717, 1.165) is 36.6 Å². The summed E-state index contributed by atoms with van der Waals surface area (Å²) in [6.07, 6.45) is 1.25. The quantitative estimate of drug-likeness (QED) is 0.645. The van der Waals surface area contributed by atoms with E-state index in [1.807, 2.05) is 18.3 Å². The highest BCUT2D eigenvalue weighted by Gasteiger charge is 2.49. The predicted octanol–water partition coefficient (Wildman–Crippen LogP) is 5.28. The summed E-state index contributed by atoms with van der Waals surface area (Å²) >= 11 is 0. The third-order valence-electron chi connectivity index (χ3n) is 5.51. The molecule has 2 aromatic heterocycles. The van der Waals surface area contributed by atoms with E-state index in [0.29, 0.717) is 13.1 Å². The molecule has 0 aromatic carbocycles. The number of nitrogens with zero attached hydrogens (tertiary/aromatic N) is 2. The van der Waals surface area contributed by atoms with E-state index in [2.05, 4.69) is 49.0 Å². The van der Waals surface area contributed by atoms with Crippen LogP contribution in [0.2, 0.25) is 0 Å². The molecule has 2 aromatic rings. The predicted molar refractivity (Wildman–Crippen MR) is 110 cm³/mol. The highest BCUT2D eigenvalue weighted by molar-refractivity contribution is 5.22. The monoisotopic (exact) mass is 421 g/mol. The summed E-state index contributed by atoms with van der Waals surface area (Å²) in [5.41, 5.74) is 0.215. The number of hydrogen-bond acceptors (Lipinski definition) is 4. The molecule has 0 unspecified atom stereocenters. The maximum Gasteiger partial charge on any atom is 0.433 e. The molecule has 1 saturated heterocycles. The van der Waals surface area contributed by atoms with Crippen LogP contribution in [0.5, 0.6) is 0 Å². The average Bonchev–Trinajstić information content (AvgIpc) is 2.63. The van der Waals surface area contributed by atoms with E-state index in [4.69, 9.17) is 4.74 Å². The zero-order chi connectivity index (χ0) is 22.0. The van der Waals surface area contributed by atoms with Crippen molar-refractivity contribution in [1.29, 1.82) is 0 Å². The molecular formula is C23H30F3N3O. The van der Waals surface area contributed by atoms with E-state index >= 15 is 0 Å². The van der Waals surface area contributed by atoms with Gasteiger partial charge in [0.2, 0.25) is 0 Å². The summed E-state index contributed by atoms with van der Waals surface area (Å²) in [6.45, 7) is 9.65. The molecule has 0 saturated carbocycles. The Morgan fingerprint density at radius 3 is 2.23 bits per heavy atom. The van der Waals surface area contributed by atoms with Crippen LogP contribution < -0.4 is 5.32 Å². The molecule has 3 rings (SSSR count). The molecule has 4 nitrogen and oxygen atoms in total. The molecule has 7 heteroatoms. The van der Waals surface area contributed by atoms with Gasteiger partial charge in [0.25, 0.3) is 0 Å². The molecule has 1 N–H and O–H groups in total. The summed E-state index contributed by atoms with van der Waals surface area (Å²) in [7, 11) is 0. The van der Waals surface area contributed by atoms with Crippen LogP contribution in [-0.2, 0) is 22.9 Å². The zero-order valence-electron chi connectivity index (χ0n) is 18.0. The molecule has 1 aliphatic rings. The summed E-state index contributed by atoms with van der Waals surface area (Å²) in [5.74, 6) is 0. The van der Waals surface area contributed by atoms with Gasteiger partial charge in [0.15, 0.2) is 0 Å². The van der Waals surface area contributed by atoms with E-state index in [1.165, 1.54) is 12.3 Å². The van der Waals surface area contributed by atoms with Crippen molar-refractivity contribution < 1.29 is 17.9 Å². The number of aromatic nitrogens is 2. The third kappa shape index (κ3) is 5.58. The van der Waals surface area contributed by atoms with E-state index in [1.54, 1.807) is 0 Å². The van der Waals surface area contributed by atoms with E-state index < -0.39 is 11.9 Å². The first-order valence-electron chi connectivity index (χ1n) is 10.3. The summed E-state index contributed by atoms with van der Waals surface area (Å²) in [5, 5.41) is 3.37. The molecule has 3 heterocycles. The summed E-state index contributed by atoms with van der Waals surface area (Å²) < 4.78 is 44.3. The number of alkyl halides is 3. The minimum absolute atomic E-state index is 0.141. The largest absolute Gasteiger partial charge is 0.433 e. The minimum atomic E-state index is -4.41. The lowest BCUT2D eigenvalue weighted by Gasteiger charge is -2.52. The number of pyridine rings is 2. The van der Waals surface area contributed by atoms with Crippen molar-refractivity contribution in [3.63, 3.8) is 0 Å². The Balaban J connectivity index is 1.69. The Morgan fingerprint density at radius 2 is 1.70 bits per heavy atom. The van der Waals surface area contributed by atoms with E-state index in [9.17, 15) is 13.2 Å². The third-order valence-corrected chi connectivity index (χ3v) is 5.51. The SMILES string of the molecule is CC1(C)CC(CCNCc2ccc(C(F)(F)F)nc2)(c2ccccn2)CC(C)(C)O1. The lowest BCUT2D eigenvalue weighted by Crippen LogP contribution is -2.53. The maximum absolute atomic E-state index is 12.7. The Bertz CT molecular complexity index is 817. The Hall–Kier alpha value is -1.99. The van der Waals surface area contributed by atoms with Crippen LogP contribution >= 0.6 is 0 Å². The average molecular weight is 422 g/mol. The van der Waals surface area contributed by atoms with Crippen LogP contribution in [0.3, 0.4) is 0 Å². The van der Waals surface area contributed by atoms with Gasteiger partial charge in [-0.05, 0) is 77.3 Å². The normalized spacial score (nSPS) is 20.1. The smallest absolute Gasteiger partial charge is 0.370 e. The van der Waals surface area contributed by atoms with Crippen LogP contribution in [0.15, 0.2) is 42.7 Å². The van der Waals surface area contributed by atoms with Crippen LogP contribution in [0.25, 0.3) is 0 Å². The first-order valence-corrected chi connectivity index (χ1v) is 10.3. The molecule has 164 valence electrons. The van der Waals surface area contributed by atoms with Crippen molar-refractivity contribution in [2.75, 3.05) is 6.54 Å². The highest BCUT2D eigenvalue weighted by atomic mass is 19.4. The topological polar surface area (TPSA) is 47.0 Å². The zero-order valence-corrected chi connectivity index (χ0v) is 18.0. The first-order chi connectivity index (χ1) is 13.9. The van der Waals surface area contributed by atoms with Gasteiger partial charge in [-0.3, -0.25) is 9.97 Å². The van der Waals surface area contributed by atoms with Crippen LogP contribution in [-0.4, -0.2) is 27.7 Å². The molecule has 0 spiro atoms. The van der Waals surface area contributed by atoms with Crippen LogP contribution in [0, 0.1) is 0 Å². The molecule has 0 amide bonds.